The van der Waals surface area contributed by atoms with Crippen molar-refractivity contribution in [1.29, 1.82) is 0 Å². The average molecular weight is 341 g/mol. The Hall–Kier alpha value is -2.64. The van der Waals surface area contributed by atoms with Gasteiger partial charge in [-0.1, -0.05) is 0 Å². The lowest BCUT2D eigenvalue weighted by molar-refractivity contribution is -0.132. The number of nitrogens with zero attached hydrogens (tertiary/aromatic N) is 4. The summed E-state index contributed by atoms with van der Waals surface area (Å²) in [6.07, 6.45) is 5.99. The standard InChI is InChI=1S/C17H19N5O3/c1-17(12-3-2-8-25-12)15(23)21(16(24)18-17)9-13-19-20-14(10-4-5-10)22(13)11-6-7-11/h2-3,8,10-11H,4-7,9H2,1H3,(H,18,24). The molecule has 3 amide bonds. The molecule has 130 valence electrons. The van der Waals surface area contributed by atoms with E-state index in [1.165, 1.54) is 11.2 Å². The molecule has 0 radical (unpaired) electrons. The SMILES string of the molecule is CC1(c2ccco2)NC(=O)N(Cc2nnc(C3CC3)n2C2CC2)C1=O. The number of hydrogen-bond donors (Lipinski definition) is 1. The van der Waals surface area contributed by atoms with Gasteiger partial charge in [0.1, 0.15) is 11.6 Å². The number of aromatic nitrogens is 3. The maximum absolute atomic E-state index is 12.9. The molecule has 1 atom stereocenters. The van der Waals surface area contributed by atoms with E-state index >= 15 is 0 Å². The van der Waals surface area contributed by atoms with Gasteiger partial charge in [0.25, 0.3) is 5.91 Å². The highest BCUT2D eigenvalue weighted by molar-refractivity contribution is 6.06. The summed E-state index contributed by atoms with van der Waals surface area (Å²) in [7, 11) is 0. The van der Waals surface area contributed by atoms with E-state index in [2.05, 4.69) is 20.1 Å². The van der Waals surface area contributed by atoms with Gasteiger partial charge in [0, 0.05) is 12.0 Å². The molecule has 2 aromatic rings. The van der Waals surface area contributed by atoms with E-state index in [9.17, 15) is 9.59 Å². The minimum atomic E-state index is -1.18. The molecule has 1 unspecified atom stereocenters. The van der Waals surface area contributed by atoms with Crippen molar-refractivity contribution < 1.29 is 14.0 Å². The van der Waals surface area contributed by atoms with Crippen LogP contribution < -0.4 is 5.32 Å². The smallest absolute Gasteiger partial charge is 0.325 e. The Balaban J connectivity index is 1.45. The molecular formula is C17H19N5O3. The van der Waals surface area contributed by atoms with Gasteiger partial charge in [-0.2, -0.15) is 0 Å². The van der Waals surface area contributed by atoms with Crippen LogP contribution in [0, 0.1) is 0 Å². The molecule has 1 aliphatic heterocycles. The average Bonchev–Trinajstić information content (AvgIpc) is 3.50. The van der Waals surface area contributed by atoms with Gasteiger partial charge >= 0.3 is 6.03 Å². The topological polar surface area (TPSA) is 93.3 Å². The zero-order valence-corrected chi connectivity index (χ0v) is 13.9. The summed E-state index contributed by atoms with van der Waals surface area (Å²) < 4.78 is 7.51. The van der Waals surface area contributed by atoms with Crippen molar-refractivity contribution >= 4 is 11.9 Å². The molecule has 2 saturated carbocycles. The van der Waals surface area contributed by atoms with Crippen molar-refractivity contribution in [3.63, 3.8) is 0 Å². The predicted octanol–water partition coefficient (Wildman–Crippen LogP) is 2.05. The maximum atomic E-state index is 12.9. The van der Waals surface area contributed by atoms with Crippen molar-refractivity contribution in [2.75, 3.05) is 0 Å². The number of urea groups is 1. The first-order chi connectivity index (χ1) is 12.1. The van der Waals surface area contributed by atoms with Crippen LogP contribution in [0.5, 0.6) is 0 Å². The lowest BCUT2D eigenvalue weighted by Crippen LogP contribution is -2.40. The van der Waals surface area contributed by atoms with Gasteiger partial charge < -0.3 is 14.3 Å². The molecule has 25 heavy (non-hydrogen) atoms. The van der Waals surface area contributed by atoms with Crippen LogP contribution in [-0.2, 0) is 16.9 Å². The maximum Gasteiger partial charge on any atom is 0.325 e. The molecule has 3 heterocycles. The number of nitrogens with one attached hydrogen (secondary N) is 1. The minimum absolute atomic E-state index is 0.136. The van der Waals surface area contributed by atoms with Gasteiger partial charge in [0.05, 0.1) is 12.8 Å². The number of carbonyl (C=O) groups excluding carboxylic acids is 2. The van der Waals surface area contributed by atoms with Gasteiger partial charge in [-0.25, -0.2) is 4.79 Å². The molecule has 2 aliphatic carbocycles. The molecule has 0 spiro atoms. The van der Waals surface area contributed by atoms with Crippen LogP contribution in [0.25, 0.3) is 0 Å². The molecule has 5 rings (SSSR count). The summed E-state index contributed by atoms with van der Waals surface area (Å²) in [5, 5.41) is 11.4. The lowest BCUT2D eigenvalue weighted by atomic mass is 9.99. The highest BCUT2D eigenvalue weighted by Crippen LogP contribution is 2.45. The molecular weight excluding hydrogens is 322 g/mol. The third-order valence-corrected chi connectivity index (χ3v) is 5.24. The molecule has 3 aliphatic rings. The second-order valence-electron chi connectivity index (χ2n) is 7.27. The van der Waals surface area contributed by atoms with Crippen LogP contribution in [0.1, 0.15) is 62.0 Å². The Morgan fingerprint density at radius 3 is 2.72 bits per heavy atom. The lowest BCUT2D eigenvalue weighted by Gasteiger charge is -2.19. The Bertz CT molecular complexity index is 850. The van der Waals surface area contributed by atoms with Crippen molar-refractivity contribution in [3.8, 4) is 0 Å². The number of furan rings is 1. The van der Waals surface area contributed by atoms with Crippen LogP contribution >= 0.6 is 0 Å². The molecule has 1 N–H and O–H groups in total. The second kappa shape index (κ2) is 4.93. The Morgan fingerprint density at radius 1 is 1.28 bits per heavy atom. The first-order valence-corrected chi connectivity index (χ1v) is 8.69. The number of rotatable bonds is 5. The number of amides is 3. The van der Waals surface area contributed by atoms with E-state index in [-0.39, 0.29) is 12.5 Å². The van der Waals surface area contributed by atoms with E-state index < -0.39 is 11.6 Å². The van der Waals surface area contributed by atoms with Gasteiger partial charge in [-0.3, -0.25) is 9.69 Å². The Labute approximate surface area is 144 Å². The van der Waals surface area contributed by atoms with Gasteiger partial charge in [-0.05, 0) is 44.7 Å². The van der Waals surface area contributed by atoms with Crippen molar-refractivity contribution in [2.45, 2.75) is 56.7 Å². The Kier molecular flexibility index (Phi) is 2.90. The summed E-state index contributed by atoms with van der Waals surface area (Å²) in [5.41, 5.74) is -1.18. The zero-order valence-electron chi connectivity index (χ0n) is 13.9. The first-order valence-electron chi connectivity index (χ1n) is 8.69. The summed E-state index contributed by atoms with van der Waals surface area (Å²) in [5.74, 6) is 2.29. The molecule has 1 saturated heterocycles. The fraction of sp³-hybridized carbons (Fsp3) is 0.529. The molecule has 8 nitrogen and oxygen atoms in total. The summed E-state index contributed by atoms with van der Waals surface area (Å²) >= 11 is 0. The normalized spacial score (nSPS) is 26.4. The molecule has 2 aromatic heterocycles. The monoisotopic (exact) mass is 341 g/mol. The molecule has 3 fully saturated rings. The first kappa shape index (κ1) is 14.7. The molecule has 8 heteroatoms. The fourth-order valence-electron chi connectivity index (χ4n) is 3.51. The summed E-state index contributed by atoms with van der Waals surface area (Å²) in [6, 6.07) is 3.38. The summed E-state index contributed by atoms with van der Waals surface area (Å²) in [6.45, 7) is 1.80. The van der Waals surface area contributed by atoms with Crippen molar-refractivity contribution in [1.82, 2.24) is 25.0 Å². The summed E-state index contributed by atoms with van der Waals surface area (Å²) in [4.78, 5) is 26.6. The highest BCUT2D eigenvalue weighted by atomic mass is 16.3. The van der Waals surface area contributed by atoms with Crippen molar-refractivity contribution in [2.24, 2.45) is 0 Å². The largest absolute Gasteiger partial charge is 0.466 e. The van der Waals surface area contributed by atoms with Crippen LogP contribution in [0.3, 0.4) is 0 Å². The Morgan fingerprint density at radius 2 is 2.08 bits per heavy atom. The van der Waals surface area contributed by atoms with Crippen LogP contribution in [0.4, 0.5) is 4.79 Å². The van der Waals surface area contributed by atoms with Crippen LogP contribution in [0.15, 0.2) is 22.8 Å². The van der Waals surface area contributed by atoms with E-state index in [0.717, 1.165) is 31.5 Å². The second-order valence-corrected chi connectivity index (χ2v) is 7.27. The third kappa shape index (κ3) is 2.20. The van der Waals surface area contributed by atoms with E-state index in [1.807, 2.05) is 0 Å². The van der Waals surface area contributed by atoms with E-state index in [4.69, 9.17) is 4.42 Å². The number of imide groups is 1. The number of hydrogen-bond acceptors (Lipinski definition) is 5. The zero-order chi connectivity index (χ0) is 17.2. The van der Waals surface area contributed by atoms with Gasteiger partial charge in [-0.15, -0.1) is 10.2 Å². The van der Waals surface area contributed by atoms with E-state index in [0.29, 0.717) is 23.5 Å². The van der Waals surface area contributed by atoms with Crippen LogP contribution in [0.2, 0.25) is 0 Å². The minimum Gasteiger partial charge on any atom is -0.466 e. The highest BCUT2D eigenvalue weighted by Gasteiger charge is 2.51. The fourth-order valence-corrected chi connectivity index (χ4v) is 3.51. The molecule has 0 aromatic carbocycles. The predicted molar refractivity (Wildman–Crippen MR) is 85.4 cm³/mol. The third-order valence-electron chi connectivity index (χ3n) is 5.24. The quantitative estimate of drug-likeness (QED) is 0.840. The van der Waals surface area contributed by atoms with Crippen molar-refractivity contribution in [3.05, 3.63) is 35.8 Å². The van der Waals surface area contributed by atoms with Gasteiger partial charge in [0.15, 0.2) is 11.4 Å². The molecule has 0 bridgehead atoms. The van der Waals surface area contributed by atoms with Crippen LogP contribution in [-0.4, -0.2) is 31.6 Å². The van der Waals surface area contributed by atoms with E-state index in [1.54, 1.807) is 19.1 Å². The number of carbonyl (C=O) groups is 2. The van der Waals surface area contributed by atoms with Gasteiger partial charge in [0.2, 0.25) is 0 Å².